The van der Waals surface area contributed by atoms with Crippen LogP contribution in [0.1, 0.15) is 26.7 Å². The maximum absolute atomic E-state index is 9.60. The molecule has 0 bridgehead atoms. The number of hydrogen-bond donors (Lipinski definition) is 2. The van der Waals surface area contributed by atoms with E-state index in [9.17, 15) is 5.11 Å². The number of rotatable bonds is 3. The van der Waals surface area contributed by atoms with E-state index in [0.29, 0.717) is 10.9 Å². The summed E-state index contributed by atoms with van der Waals surface area (Å²) in [4.78, 5) is 2.87. The summed E-state index contributed by atoms with van der Waals surface area (Å²) in [6, 6.07) is 0.208. The molecule has 1 aliphatic rings. The Labute approximate surface area is 91.3 Å². The third-order valence-electron chi connectivity index (χ3n) is 3.05. The second kappa shape index (κ2) is 5.05. The van der Waals surface area contributed by atoms with Gasteiger partial charge in [-0.3, -0.25) is 4.90 Å². The van der Waals surface area contributed by atoms with Gasteiger partial charge in [-0.05, 0) is 18.8 Å². The van der Waals surface area contributed by atoms with Crippen LogP contribution >= 0.6 is 12.2 Å². The van der Waals surface area contributed by atoms with Gasteiger partial charge in [-0.15, -0.1) is 0 Å². The molecule has 0 spiro atoms. The Morgan fingerprint density at radius 3 is 2.79 bits per heavy atom. The normalized spacial score (nSPS) is 31.4. The van der Waals surface area contributed by atoms with Gasteiger partial charge in [0.1, 0.15) is 0 Å². The zero-order valence-corrected chi connectivity index (χ0v) is 9.76. The van der Waals surface area contributed by atoms with Crippen LogP contribution in [0.3, 0.4) is 0 Å². The van der Waals surface area contributed by atoms with Gasteiger partial charge in [0.25, 0.3) is 0 Å². The van der Waals surface area contributed by atoms with Gasteiger partial charge in [0.05, 0.1) is 17.1 Å². The molecule has 1 aliphatic heterocycles. The van der Waals surface area contributed by atoms with E-state index in [1.165, 1.54) is 0 Å². The largest absolute Gasteiger partial charge is 0.393 e. The number of piperidine rings is 1. The van der Waals surface area contributed by atoms with Crippen molar-refractivity contribution in [2.75, 3.05) is 13.1 Å². The highest BCUT2D eigenvalue weighted by Gasteiger charge is 2.28. The Morgan fingerprint density at radius 1 is 1.71 bits per heavy atom. The van der Waals surface area contributed by atoms with Gasteiger partial charge < -0.3 is 10.8 Å². The van der Waals surface area contributed by atoms with Crippen molar-refractivity contribution in [2.45, 2.75) is 38.8 Å². The Balaban J connectivity index is 2.56. The van der Waals surface area contributed by atoms with Crippen LogP contribution in [0.4, 0.5) is 0 Å². The van der Waals surface area contributed by atoms with E-state index in [0.717, 1.165) is 25.9 Å². The minimum Gasteiger partial charge on any atom is -0.393 e. The number of nitrogens with zero attached hydrogens (tertiary/aromatic N) is 1. The van der Waals surface area contributed by atoms with Crippen LogP contribution in [0.25, 0.3) is 0 Å². The molecule has 3 unspecified atom stereocenters. The predicted molar refractivity (Wildman–Crippen MR) is 62.2 cm³/mol. The molecule has 0 aliphatic carbocycles. The van der Waals surface area contributed by atoms with Crippen LogP contribution in [0.15, 0.2) is 0 Å². The quantitative estimate of drug-likeness (QED) is 0.684. The summed E-state index contributed by atoms with van der Waals surface area (Å²) in [5.74, 6) is 0.326. The lowest BCUT2D eigenvalue weighted by Crippen LogP contribution is -2.51. The van der Waals surface area contributed by atoms with Gasteiger partial charge in [-0.2, -0.15) is 0 Å². The van der Waals surface area contributed by atoms with E-state index in [-0.39, 0.29) is 12.1 Å². The molecule has 1 saturated heterocycles. The molecule has 0 aromatic heterocycles. The smallest absolute Gasteiger partial charge is 0.0901 e. The van der Waals surface area contributed by atoms with E-state index >= 15 is 0 Å². The summed E-state index contributed by atoms with van der Waals surface area (Å²) < 4.78 is 0. The second-order valence-corrected chi connectivity index (χ2v) is 4.63. The zero-order chi connectivity index (χ0) is 10.7. The monoisotopic (exact) mass is 216 g/mol. The molecule has 14 heavy (non-hydrogen) atoms. The van der Waals surface area contributed by atoms with E-state index < -0.39 is 0 Å². The number of aliphatic hydroxyl groups is 1. The van der Waals surface area contributed by atoms with Gasteiger partial charge in [0.15, 0.2) is 0 Å². The first kappa shape index (κ1) is 11.9. The molecule has 0 amide bonds. The summed E-state index contributed by atoms with van der Waals surface area (Å²) in [7, 11) is 0. The molecule has 3 nitrogen and oxygen atoms in total. The molecule has 1 heterocycles. The van der Waals surface area contributed by atoms with E-state index in [1.54, 1.807) is 0 Å². The Kier molecular flexibility index (Phi) is 4.29. The van der Waals surface area contributed by atoms with Crippen molar-refractivity contribution in [3.63, 3.8) is 0 Å². The van der Waals surface area contributed by atoms with Crippen LogP contribution in [0, 0.1) is 5.92 Å². The standard InChI is InChI=1S/C10H20N2OS/c1-3-8(10(11)14)12-5-4-9(13)7(2)6-12/h7-9,13H,3-6H2,1-2H3,(H2,11,14). The molecule has 0 aromatic rings. The van der Waals surface area contributed by atoms with Crippen LogP contribution in [0.5, 0.6) is 0 Å². The fourth-order valence-electron chi connectivity index (χ4n) is 2.09. The minimum absolute atomic E-state index is 0.157. The van der Waals surface area contributed by atoms with Gasteiger partial charge in [0.2, 0.25) is 0 Å². The summed E-state index contributed by atoms with van der Waals surface area (Å²) in [6.45, 7) is 5.97. The molecular weight excluding hydrogens is 196 g/mol. The van der Waals surface area contributed by atoms with Crippen molar-refractivity contribution in [1.82, 2.24) is 4.90 Å². The van der Waals surface area contributed by atoms with Crippen LogP contribution < -0.4 is 5.73 Å². The molecule has 3 N–H and O–H groups in total. The highest BCUT2D eigenvalue weighted by atomic mass is 32.1. The van der Waals surface area contributed by atoms with Crippen LogP contribution in [-0.2, 0) is 0 Å². The topological polar surface area (TPSA) is 49.5 Å². The average molecular weight is 216 g/mol. The summed E-state index contributed by atoms with van der Waals surface area (Å²) in [6.07, 6.45) is 1.63. The van der Waals surface area contributed by atoms with Crippen molar-refractivity contribution in [3.8, 4) is 0 Å². The lowest BCUT2D eigenvalue weighted by Gasteiger charge is -2.38. The van der Waals surface area contributed by atoms with E-state index in [4.69, 9.17) is 18.0 Å². The van der Waals surface area contributed by atoms with Crippen molar-refractivity contribution in [3.05, 3.63) is 0 Å². The second-order valence-electron chi connectivity index (χ2n) is 4.15. The van der Waals surface area contributed by atoms with E-state index in [2.05, 4.69) is 18.7 Å². The average Bonchev–Trinajstić information content (AvgIpc) is 2.11. The van der Waals surface area contributed by atoms with Gasteiger partial charge >= 0.3 is 0 Å². The van der Waals surface area contributed by atoms with Gasteiger partial charge in [-0.25, -0.2) is 0 Å². The first-order valence-electron chi connectivity index (χ1n) is 5.27. The number of likely N-dealkylation sites (tertiary alicyclic amines) is 1. The van der Waals surface area contributed by atoms with Crippen molar-refractivity contribution < 1.29 is 5.11 Å². The van der Waals surface area contributed by atoms with Gasteiger partial charge in [-0.1, -0.05) is 26.1 Å². The first-order chi connectivity index (χ1) is 6.56. The lowest BCUT2D eigenvalue weighted by atomic mass is 9.95. The first-order valence-corrected chi connectivity index (χ1v) is 5.68. The molecule has 3 atom stereocenters. The molecule has 1 fully saturated rings. The molecule has 0 radical (unpaired) electrons. The van der Waals surface area contributed by atoms with Crippen LogP contribution in [-0.4, -0.2) is 40.2 Å². The lowest BCUT2D eigenvalue weighted by molar-refractivity contribution is 0.0274. The number of aliphatic hydroxyl groups excluding tert-OH is 1. The minimum atomic E-state index is -0.157. The molecule has 0 aromatic carbocycles. The Morgan fingerprint density at radius 2 is 2.36 bits per heavy atom. The SMILES string of the molecule is CCC(C(N)=S)N1CCC(O)C(C)C1. The Hall–Kier alpha value is -0.190. The molecule has 4 heteroatoms. The summed E-state index contributed by atoms with van der Waals surface area (Å²) in [5.41, 5.74) is 5.69. The fourth-order valence-corrected chi connectivity index (χ4v) is 2.40. The summed E-state index contributed by atoms with van der Waals surface area (Å²) >= 11 is 5.04. The fraction of sp³-hybridized carbons (Fsp3) is 0.900. The third-order valence-corrected chi connectivity index (χ3v) is 3.32. The number of thiocarbonyl (C=S) groups is 1. The molecule has 0 saturated carbocycles. The number of hydrogen-bond acceptors (Lipinski definition) is 3. The van der Waals surface area contributed by atoms with Crippen LogP contribution in [0.2, 0.25) is 0 Å². The molecular formula is C10H20N2OS. The maximum atomic E-state index is 9.60. The van der Waals surface area contributed by atoms with Crippen molar-refractivity contribution in [2.24, 2.45) is 11.7 Å². The van der Waals surface area contributed by atoms with Gasteiger partial charge in [0, 0.05) is 13.1 Å². The predicted octanol–water partition coefficient (Wildman–Crippen LogP) is 0.754. The highest BCUT2D eigenvalue weighted by molar-refractivity contribution is 7.80. The van der Waals surface area contributed by atoms with E-state index in [1.807, 2.05) is 0 Å². The van der Waals surface area contributed by atoms with Crippen molar-refractivity contribution in [1.29, 1.82) is 0 Å². The third kappa shape index (κ3) is 2.65. The molecule has 82 valence electrons. The maximum Gasteiger partial charge on any atom is 0.0901 e. The highest BCUT2D eigenvalue weighted by Crippen LogP contribution is 2.19. The van der Waals surface area contributed by atoms with Crippen molar-refractivity contribution >= 4 is 17.2 Å². The number of nitrogens with two attached hydrogens (primary N) is 1. The summed E-state index contributed by atoms with van der Waals surface area (Å²) in [5, 5.41) is 9.60. The molecule has 1 rings (SSSR count). The zero-order valence-electron chi connectivity index (χ0n) is 8.94. The Bertz CT molecular complexity index is 210.